The third-order valence-electron chi connectivity index (χ3n) is 2.82. The van der Waals surface area contributed by atoms with Gasteiger partial charge in [-0.05, 0) is 12.1 Å². The van der Waals surface area contributed by atoms with Crippen molar-refractivity contribution in [2.24, 2.45) is 0 Å². The molecule has 0 saturated heterocycles. The zero-order valence-electron chi connectivity index (χ0n) is 13.9. The Hall–Kier alpha value is -2.18. The highest BCUT2D eigenvalue weighted by Gasteiger charge is 2.20. The molecule has 9 nitrogen and oxygen atoms in total. The Balaban J connectivity index is 2.12. The predicted octanol–water partition coefficient (Wildman–Crippen LogP) is 1.95. The fourth-order valence-electron chi connectivity index (χ4n) is 1.70. The molecule has 2 heterocycles. The Bertz CT molecular complexity index is 897. The first-order valence-corrected chi connectivity index (χ1v) is 10.5. The Kier molecular flexibility index (Phi) is 6.94. The van der Waals surface area contributed by atoms with Crippen LogP contribution >= 0.6 is 23.1 Å². The van der Waals surface area contributed by atoms with Crippen LogP contribution in [0.25, 0.3) is 0 Å². The van der Waals surface area contributed by atoms with Gasteiger partial charge < -0.3 is 10.1 Å². The number of aromatic nitrogens is 2. The molecule has 0 spiro atoms. The van der Waals surface area contributed by atoms with E-state index in [1.54, 1.807) is 12.1 Å². The van der Waals surface area contributed by atoms with Gasteiger partial charge in [0.2, 0.25) is 5.91 Å². The van der Waals surface area contributed by atoms with Crippen LogP contribution in [0.2, 0.25) is 0 Å². The molecular weight excluding hydrogens is 400 g/mol. The molecule has 0 atom stereocenters. The number of thiazole rings is 1. The van der Waals surface area contributed by atoms with Crippen molar-refractivity contribution < 1.29 is 22.7 Å². The van der Waals surface area contributed by atoms with Gasteiger partial charge in [-0.1, -0.05) is 11.3 Å². The van der Waals surface area contributed by atoms with E-state index in [4.69, 9.17) is 0 Å². The van der Waals surface area contributed by atoms with Gasteiger partial charge in [0, 0.05) is 18.9 Å². The summed E-state index contributed by atoms with van der Waals surface area (Å²) in [5.41, 5.74) is 0.289. The summed E-state index contributed by atoms with van der Waals surface area (Å²) in [6.07, 6.45) is 2.87. The smallest absolute Gasteiger partial charge is 0.306 e. The van der Waals surface area contributed by atoms with Gasteiger partial charge in [-0.2, -0.15) is 0 Å². The summed E-state index contributed by atoms with van der Waals surface area (Å²) in [7, 11) is -2.58. The van der Waals surface area contributed by atoms with E-state index in [9.17, 15) is 18.0 Å². The molecule has 0 bridgehead atoms. The van der Waals surface area contributed by atoms with Crippen molar-refractivity contribution in [2.75, 3.05) is 22.9 Å². The van der Waals surface area contributed by atoms with Crippen molar-refractivity contribution in [1.82, 2.24) is 9.97 Å². The molecular formula is C14H16N4O5S3. The average Bonchev–Trinajstić information content (AvgIpc) is 3.04. The number of nitrogens with one attached hydrogen (secondary N) is 2. The second-order valence-corrected chi connectivity index (χ2v) is 8.83. The van der Waals surface area contributed by atoms with E-state index >= 15 is 0 Å². The van der Waals surface area contributed by atoms with Gasteiger partial charge >= 0.3 is 5.97 Å². The fraction of sp³-hybridized carbons (Fsp3) is 0.286. The summed E-state index contributed by atoms with van der Waals surface area (Å²) in [5, 5.41) is 3.06. The van der Waals surface area contributed by atoms with Gasteiger partial charge in [0.25, 0.3) is 10.0 Å². The molecule has 12 heteroatoms. The van der Waals surface area contributed by atoms with Crippen LogP contribution in [0.1, 0.15) is 13.3 Å². The number of hydrogen-bond donors (Lipinski definition) is 2. The number of anilines is 2. The molecule has 0 fully saturated rings. The third-order valence-corrected chi connectivity index (χ3v) is 6.57. The molecule has 2 N–H and O–H groups in total. The van der Waals surface area contributed by atoms with Crippen molar-refractivity contribution in [1.29, 1.82) is 0 Å². The number of carbonyl (C=O) groups excluding carboxylic acids is 2. The quantitative estimate of drug-likeness (QED) is 0.494. The number of rotatable bonds is 8. The lowest BCUT2D eigenvalue weighted by molar-refractivity contribution is -0.140. The predicted molar refractivity (Wildman–Crippen MR) is 98.8 cm³/mol. The molecule has 2 rings (SSSR count). The highest BCUT2D eigenvalue weighted by molar-refractivity contribution is 7.99. The molecule has 2 aromatic rings. The number of ether oxygens (including phenoxy) is 1. The molecule has 0 aliphatic heterocycles. The Labute approximate surface area is 158 Å². The Morgan fingerprint density at radius 1 is 1.35 bits per heavy atom. The molecule has 140 valence electrons. The summed E-state index contributed by atoms with van der Waals surface area (Å²) in [6.45, 7) is 1.31. The number of amides is 1. The van der Waals surface area contributed by atoms with E-state index in [1.165, 1.54) is 38.2 Å². The lowest BCUT2D eigenvalue weighted by Crippen LogP contribution is -2.12. The average molecular weight is 417 g/mol. The Morgan fingerprint density at radius 2 is 2.12 bits per heavy atom. The molecule has 0 aliphatic rings. The second kappa shape index (κ2) is 8.96. The van der Waals surface area contributed by atoms with E-state index in [1.807, 2.05) is 0 Å². The largest absolute Gasteiger partial charge is 0.469 e. The van der Waals surface area contributed by atoms with E-state index in [-0.39, 0.29) is 33.3 Å². The zero-order valence-corrected chi connectivity index (χ0v) is 16.3. The van der Waals surface area contributed by atoms with Gasteiger partial charge in [-0.3, -0.25) is 14.3 Å². The maximum absolute atomic E-state index is 12.5. The number of sulfonamides is 1. The standard InChI is InChI=1S/C14H16N4O5S3/c1-9(19)17-14-16-8-12(25-14)26(21,22)18-10-4-3-6-15-13(10)24-7-5-11(20)23-2/h3-4,6,8,18H,5,7H2,1-2H3,(H,16,17,19). The molecule has 0 aliphatic carbocycles. The van der Waals surface area contributed by atoms with Crippen LogP contribution in [-0.2, 0) is 24.3 Å². The van der Waals surface area contributed by atoms with Gasteiger partial charge in [-0.15, -0.1) is 11.8 Å². The molecule has 0 aromatic carbocycles. The van der Waals surface area contributed by atoms with Crippen LogP contribution in [0, 0.1) is 0 Å². The minimum Gasteiger partial charge on any atom is -0.469 e. The number of nitrogens with zero attached hydrogens (tertiary/aromatic N) is 2. The molecule has 0 saturated carbocycles. The van der Waals surface area contributed by atoms with Crippen LogP contribution in [0.15, 0.2) is 33.8 Å². The summed E-state index contributed by atoms with van der Waals surface area (Å²) in [6, 6.07) is 3.17. The lowest BCUT2D eigenvalue weighted by atomic mass is 10.4. The highest BCUT2D eigenvalue weighted by atomic mass is 32.2. The summed E-state index contributed by atoms with van der Waals surface area (Å²) < 4.78 is 32.0. The SMILES string of the molecule is COC(=O)CCSc1ncccc1NS(=O)(=O)c1cnc(NC(C)=O)s1. The van der Waals surface area contributed by atoms with Crippen molar-refractivity contribution in [2.45, 2.75) is 22.6 Å². The van der Waals surface area contributed by atoms with E-state index in [0.29, 0.717) is 10.8 Å². The zero-order chi connectivity index (χ0) is 19.2. The first-order valence-electron chi connectivity index (χ1n) is 7.22. The van der Waals surface area contributed by atoms with Crippen LogP contribution in [0.4, 0.5) is 10.8 Å². The minimum atomic E-state index is -3.89. The van der Waals surface area contributed by atoms with Gasteiger partial charge in [0.15, 0.2) is 9.34 Å². The van der Waals surface area contributed by atoms with Gasteiger partial charge in [0.05, 0.1) is 25.4 Å². The summed E-state index contributed by atoms with van der Waals surface area (Å²) in [5.74, 6) is -0.301. The van der Waals surface area contributed by atoms with Crippen LogP contribution in [0.3, 0.4) is 0 Å². The number of pyridine rings is 1. The first-order chi connectivity index (χ1) is 12.3. The Morgan fingerprint density at radius 3 is 2.81 bits per heavy atom. The fourth-order valence-corrected chi connectivity index (χ4v) is 4.78. The number of carbonyl (C=O) groups is 2. The minimum absolute atomic E-state index is 0.0457. The van der Waals surface area contributed by atoms with E-state index < -0.39 is 10.0 Å². The number of hydrogen-bond acceptors (Lipinski definition) is 9. The van der Waals surface area contributed by atoms with E-state index in [0.717, 1.165) is 11.3 Å². The topological polar surface area (TPSA) is 127 Å². The number of thioether (sulfide) groups is 1. The van der Waals surface area contributed by atoms with Crippen molar-refractivity contribution in [3.05, 3.63) is 24.5 Å². The molecule has 0 radical (unpaired) electrons. The van der Waals surface area contributed by atoms with Gasteiger partial charge in [-0.25, -0.2) is 18.4 Å². The molecule has 1 amide bonds. The molecule has 2 aromatic heterocycles. The third kappa shape index (κ3) is 5.68. The monoisotopic (exact) mass is 416 g/mol. The number of methoxy groups -OCH3 is 1. The maximum atomic E-state index is 12.5. The number of esters is 1. The lowest BCUT2D eigenvalue weighted by Gasteiger charge is -2.10. The second-order valence-electron chi connectivity index (χ2n) is 4.80. The van der Waals surface area contributed by atoms with Crippen molar-refractivity contribution in [3.8, 4) is 0 Å². The van der Waals surface area contributed by atoms with Gasteiger partial charge in [0.1, 0.15) is 5.03 Å². The summed E-state index contributed by atoms with van der Waals surface area (Å²) in [4.78, 5) is 30.2. The molecule has 26 heavy (non-hydrogen) atoms. The normalized spacial score (nSPS) is 11.0. The van der Waals surface area contributed by atoms with E-state index in [2.05, 4.69) is 24.7 Å². The van der Waals surface area contributed by atoms with Crippen LogP contribution in [0.5, 0.6) is 0 Å². The van der Waals surface area contributed by atoms with Crippen LogP contribution in [-0.4, -0.2) is 43.1 Å². The maximum Gasteiger partial charge on any atom is 0.306 e. The summed E-state index contributed by atoms with van der Waals surface area (Å²) >= 11 is 2.07. The first kappa shape index (κ1) is 20.1. The molecule has 0 unspecified atom stereocenters. The van der Waals surface area contributed by atoms with Crippen molar-refractivity contribution in [3.63, 3.8) is 0 Å². The van der Waals surface area contributed by atoms with Crippen molar-refractivity contribution >= 4 is 55.8 Å². The highest BCUT2D eigenvalue weighted by Crippen LogP contribution is 2.29. The van der Waals surface area contributed by atoms with Crippen LogP contribution < -0.4 is 10.0 Å².